The fourth-order valence-electron chi connectivity index (χ4n) is 7.10. The second kappa shape index (κ2) is 24.1. The van der Waals surface area contributed by atoms with Crippen LogP contribution >= 0.6 is 35.3 Å². The third kappa shape index (κ3) is 14.4. The minimum atomic E-state index is -4.77. The first-order valence-corrected chi connectivity index (χ1v) is 23.5. The number of halogens is 11. The van der Waals surface area contributed by atoms with Crippen LogP contribution in [0.4, 0.5) is 54.5 Å². The number of aliphatic hydroxyl groups excluding tert-OH is 1. The Morgan fingerprint density at radius 1 is 1.00 bits per heavy atom. The number of rotatable bonds is 11. The van der Waals surface area contributed by atoms with Crippen molar-refractivity contribution < 1.29 is 63.7 Å². The molecule has 69 heavy (non-hydrogen) atoms. The standard InChI is InChI=1S/C31H27ClF5N5O3S2.C10H11F5N2.C3H8.CH4O/c1-30(2,46-3)10-9-20-5-6-21(26(39-20)24(38-16-43)13-17-11-18(33)14-19(34)12-17)22-7-8-23(32)25-27(22)41(15-31(35,36)37)40-28(25)42(47-4)29(44)45;1-3-17-8-6(5(2)4-9(8,11)12)7(16-17)10(13,14)15;1-3-2;1-2/h5-8,11-12,14,16,24H,13,15H2,1-4H3,(H,38,43)(H,44,45);5H,3-4H2,1-2H3;3H2,1-2H3;2H,1H3/t;5-;;/m.0../s1. The lowest BCUT2D eigenvalue weighted by Crippen LogP contribution is -2.24. The number of nitrogens with zero attached hydrogens (tertiary/aromatic N) is 6. The number of pyridine rings is 1. The Morgan fingerprint density at radius 3 is 2.10 bits per heavy atom. The van der Waals surface area contributed by atoms with Crippen molar-refractivity contribution in [2.24, 2.45) is 0 Å². The SMILES string of the molecule is CCC.CCn1nc(C(F)(F)F)c2c1C(F)(F)C[C@@H]2C.CO.CSN(C(=O)O)c1nn(CC(F)(F)F)c2c(-c3ccc(C#CC(C)(C)SC)nc3C(Cc3cc(F)cc(F)c3)NC=O)ccc(Cl)c12. The van der Waals surface area contributed by atoms with E-state index >= 15 is 0 Å². The number of thioether (sulfide) groups is 1. The van der Waals surface area contributed by atoms with Gasteiger partial charge in [-0.1, -0.05) is 50.8 Å². The maximum atomic E-state index is 14.1. The number of aryl methyl sites for hydroxylation is 1. The first kappa shape index (κ1) is 58.1. The number of aliphatic hydroxyl groups is 1. The van der Waals surface area contributed by atoms with Gasteiger partial charge in [0.15, 0.2) is 11.5 Å². The summed E-state index contributed by atoms with van der Waals surface area (Å²) >= 11 is 8.68. The van der Waals surface area contributed by atoms with Crippen LogP contribution in [0.2, 0.25) is 5.02 Å². The van der Waals surface area contributed by atoms with Crippen LogP contribution in [0.15, 0.2) is 42.5 Å². The van der Waals surface area contributed by atoms with Crippen LogP contribution in [0.1, 0.15) is 100 Å². The lowest BCUT2D eigenvalue weighted by molar-refractivity contribution is -0.142. The highest BCUT2D eigenvalue weighted by Crippen LogP contribution is 2.52. The van der Waals surface area contributed by atoms with Gasteiger partial charge in [0, 0.05) is 49.1 Å². The van der Waals surface area contributed by atoms with E-state index in [1.54, 1.807) is 12.1 Å². The van der Waals surface area contributed by atoms with E-state index in [1.807, 2.05) is 20.1 Å². The molecule has 24 heteroatoms. The van der Waals surface area contributed by atoms with Crippen molar-refractivity contribution in [1.29, 1.82) is 0 Å². The molecular formula is C45H50ClF10N7O4S2. The molecule has 0 fully saturated rings. The molecule has 3 aromatic heterocycles. The molecule has 0 bridgehead atoms. The van der Waals surface area contributed by atoms with Crippen LogP contribution in [-0.2, 0) is 36.4 Å². The smallest absolute Gasteiger partial charge is 0.435 e. The molecular weight excluding hydrogens is 992 g/mol. The molecule has 2 aromatic carbocycles. The molecule has 11 nitrogen and oxygen atoms in total. The van der Waals surface area contributed by atoms with E-state index in [0.717, 1.165) is 23.9 Å². The quantitative estimate of drug-likeness (QED) is 0.0511. The van der Waals surface area contributed by atoms with Gasteiger partial charge in [0.25, 0.3) is 5.92 Å². The molecule has 0 saturated heterocycles. The summed E-state index contributed by atoms with van der Waals surface area (Å²) < 4.78 is 137. The lowest BCUT2D eigenvalue weighted by Gasteiger charge is -2.21. The first-order chi connectivity index (χ1) is 32.2. The summed E-state index contributed by atoms with van der Waals surface area (Å²) in [4.78, 5) is 28.6. The van der Waals surface area contributed by atoms with Crippen molar-refractivity contribution in [2.75, 3.05) is 23.9 Å². The zero-order valence-electron chi connectivity index (χ0n) is 38.7. The summed E-state index contributed by atoms with van der Waals surface area (Å²) in [6.07, 6.45) is -6.78. The van der Waals surface area contributed by atoms with Crippen molar-refractivity contribution in [3.05, 3.63) is 93.0 Å². The number of amides is 2. The molecule has 1 unspecified atom stereocenters. The van der Waals surface area contributed by atoms with Crippen molar-refractivity contribution in [1.82, 2.24) is 29.9 Å². The summed E-state index contributed by atoms with van der Waals surface area (Å²) in [5.41, 5.74) is -1.38. The summed E-state index contributed by atoms with van der Waals surface area (Å²) in [7, 11) is 1.00. The Balaban J connectivity index is 0.000000473. The molecule has 378 valence electrons. The third-order valence-corrected chi connectivity index (χ3v) is 12.0. The van der Waals surface area contributed by atoms with Gasteiger partial charge in [-0.2, -0.15) is 45.3 Å². The number of carbonyl (C=O) groups excluding carboxylic acids is 1. The van der Waals surface area contributed by atoms with Gasteiger partial charge in [-0.25, -0.2) is 22.9 Å². The Morgan fingerprint density at radius 2 is 1.59 bits per heavy atom. The molecule has 0 aliphatic heterocycles. The fourth-order valence-corrected chi connectivity index (χ4v) is 7.94. The van der Waals surface area contributed by atoms with Gasteiger partial charge in [0.1, 0.15) is 29.6 Å². The van der Waals surface area contributed by atoms with Crippen LogP contribution in [0.5, 0.6) is 0 Å². The number of carboxylic acid groups (broad SMARTS) is 1. The summed E-state index contributed by atoms with van der Waals surface area (Å²) in [6.45, 7) is 9.32. The molecule has 2 amide bonds. The van der Waals surface area contributed by atoms with Crippen LogP contribution in [0.3, 0.4) is 0 Å². The van der Waals surface area contributed by atoms with E-state index in [9.17, 15) is 58.6 Å². The Labute approximate surface area is 405 Å². The number of anilines is 1. The Bertz CT molecular complexity index is 2630. The zero-order chi connectivity index (χ0) is 52.4. The Hall–Kier alpha value is -5.18. The molecule has 6 rings (SSSR count). The maximum Gasteiger partial charge on any atom is 0.435 e. The third-order valence-electron chi connectivity index (χ3n) is 9.84. The monoisotopic (exact) mass is 1040 g/mol. The second-order valence-electron chi connectivity index (χ2n) is 15.5. The lowest BCUT2D eigenvalue weighted by atomic mass is 9.94. The number of nitrogens with one attached hydrogen (secondary N) is 1. The molecule has 0 saturated carbocycles. The van der Waals surface area contributed by atoms with E-state index in [2.05, 4.69) is 46.2 Å². The van der Waals surface area contributed by atoms with E-state index < -0.39 is 77.1 Å². The Kier molecular flexibility index (Phi) is 20.3. The highest BCUT2D eigenvalue weighted by atomic mass is 35.5. The summed E-state index contributed by atoms with van der Waals surface area (Å²) in [6, 6.07) is 7.70. The fraction of sp³-hybridized carbons (Fsp3) is 0.444. The van der Waals surface area contributed by atoms with Crippen molar-refractivity contribution >= 4 is 64.5 Å². The minimum absolute atomic E-state index is 0.000718. The van der Waals surface area contributed by atoms with Gasteiger partial charge in [-0.05, 0) is 93.1 Å². The minimum Gasteiger partial charge on any atom is -0.464 e. The predicted molar refractivity (Wildman–Crippen MR) is 248 cm³/mol. The van der Waals surface area contributed by atoms with Gasteiger partial charge >= 0.3 is 18.4 Å². The van der Waals surface area contributed by atoms with Crippen LogP contribution in [-0.4, -0.2) is 77.8 Å². The van der Waals surface area contributed by atoms with Gasteiger partial charge in [0.05, 0.1) is 32.4 Å². The number of aromatic nitrogens is 5. The topological polar surface area (TPSA) is 138 Å². The van der Waals surface area contributed by atoms with Gasteiger partial charge in [-0.3, -0.25) is 14.2 Å². The van der Waals surface area contributed by atoms with Crippen LogP contribution in [0, 0.1) is 23.5 Å². The largest absolute Gasteiger partial charge is 0.464 e. The van der Waals surface area contributed by atoms with Crippen LogP contribution in [0.25, 0.3) is 22.0 Å². The molecule has 0 spiro atoms. The normalized spacial score (nSPS) is 14.4. The van der Waals surface area contributed by atoms with Gasteiger partial charge in [0.2, 0.25) is 6.41 Å². The van der Waals surface area contributed by atoms with Gasteiger partial charge < -0.3 is 15.5 Å². The average molecular weight is 1040 g/mol. The number of carbonyl (C=O) groups is 2. The van der Waals surface area contributed by atoms with Crippen molar-refractivity contribution in [3.63, 3.8) is 0 Å². The van der Waals surface area contributed by atoms with Crippen molar-refractivity contribution in [2.45, 2.75) is 109 Å². The summed E-state index contributed by atoms with van der Waals surface area (Å²) in [5.74, 6) is -0.0114. The maximum absolute atomic E-state index is 14.1. The highest BCUT2D eigenvalue weighted by Gasteiger charge is 2.52. The molecule has 3 N–H and O–H groups in total. The second-order valence-corrected chi connectivity index (χ2v) is 18.1. The molecule has 2 atom stereocenters. The number of hydrogen-bond donors (Lipinski definition) is 3. The van der Waals surface area contributed by atoms with Crippen molar-refractivity contribution in [3.8, 4) is 23.0 Å². The predicted octanol–water partition coefficient (Wildman–Crippen LogP) is 12.4. The average Bonchev–Trinajstić information content (AvgIpc) is 3.91. The van der Waals surface area contributed by atoms with E-state index in [-0.39, 0.29) is 68.4 Å². The van der Waals surface area contributed by atoms with Crippen LogP contribution < -0.4 is 9.62 Å². The van der Waals surface area contributed by atoms with E-state index in [4.69, 9.17) is 16.7 Å². The van der Waals surface area contributed by atoms with E-state index in [0.29, 0.717) is 33.4 Å². The highest BCUT2D eigenvalue weighted by molar-refractivity contribution is 8.00. The molecule has 0 radical (unpaired) electrons. The molecule has 5 aromatic rings. The molecule has 1 aliphatic carbocycles. The molecule has 1 aliphatic rings. The first-order valence-electron chi connectivity index (χ1n) is 20.7. The zero-order valence-corrected chi connectivity index (χ0v) is 41.1. The number of benzene rings is 2. The van der Waals surface area contributed by atoms with E-state index in [1.165, 1.54) is 50.4 Å². The molecule has 3 heterocycles. The summed E-state index contributed by atoms with van der Waals surface area (Å²) in [5, 5.41) is 26.6. The number of fused-ring (bicyclic) bond motifs is 2. The number of alkyl halides is 8. The number of hydrogen-bond acceptors (Lipinski definition) is 8. The van der Waals surface area contributed by atoms with Gasteiger partial charge in [-0.15, -0.1) is 11.8 Å².